The van der Waals surface area contributed by atoms with Crippen molar-refractivity contribution in [2.24, 2.45) is 12.0 Å². The van der Waals surface area contributed by atoms with Crippen molar-refractivity contribution in [3.05, 3.63) is 96.8 Å². The van der Waals surface area contributed by atoms with Gasteiger partial charge >= 0.3 is 0 Å². The van der Waals surface area contributed by atoms with Gasteiger partial charge in [-0.25, -0.2) is 4.57 Å². The predicted octanol–water partition coefficient (Wildman–Crippen LogP) is 5.71. The van der Waals surface area contributed by atoms with Gasteiger partial charge in [0.2, 0.25) is 6.33 Å². The fourth-order valence-corrected chi connectivity index (χ4v) is 4.20. The van der Waals surface area contributed by atoms with E-state index in [1.54, 1.807) is 7.05 Å². The number of aryl methyl sites for hydroxylation is 2. The number of hydrogen-bond acceptors (Lipinski definition) is 1. The predicted molar refractivity (Wildman–Crippen MR) is 130 cm³/mol. The number of fused-ring (bicyclic) bond motifs is 2. The van der Waals surface area contributed by atoms with Crippen molar-refractivity contribution in [3.63, 3.8) is 0 Å². The fourth-order valence-electron chi connectivity index (χ4n) is 4.20. The summed E-state index contributed by atoms with van der Waals surface area (Å²) >= 11 is 0. The van der Waals surface area contributed by atoms with Crippen molar-refractivity contribution >= 4 is 39.5 Å². The molecule has 0 N–H and O–H groups in total. The Labute approximate surface area is 182 Å². The third kappa shape index (κ3) is 3.36. The van der Waals surface area contributed by atoms with E-state index in [-0.39, 0.29) is 0 Å². The Balaban J connectivity index is 1.67. The highest BCUT2D eigenvalue weighted by Gasteiger charge is 2.18. The van der Waals surface area contributed by atoms with E-state index in [1.165, 1.54) is 27.4 Å². The molecular weight excluding hydrogens is 380 g/mol. The molecule has 1 heterocycles. The standard InChI is InChI=1S/C27H25N4/c1-20-9-4-7-14-25(20)30(18-28-2)23-12-8-13-24(17-23)31-19-29(3)26-15-21-10-5-6-11-22(21)16-27(26)31/h4-19H,1-3H3/q+1. The molecule has 0 amide bonds. The summed E-state index contributed by atoms with van der Waals surface area (Å²) < 4.78 is 4.44. The third-order valence-electron chi connectivity index (χ3n) is 5.76. The lowest BCUT2D eigenvalue weighted by Crippen LogP contribution is -2.25. The molecule has 5 aromatic rings. The van der Waals surface area contributed by atoms with Gasteiger partial charge in [-0.15, -0.1) is 0 Å². The van der Waals surface area contributed by atoms with E-state index in [0.29, 0.717) is 0 Å². The van der Waals surface area contributed by atoms with Crippen LogP contribution in [0, 0.1) is 6.92 Å². The zero-order chi connectivity index (χ0) is 21.4. The summed E-state index contributed by atoms with van der Waals surface area (Å²) in [6, 6.07) is 30.0. The second-order valence-electron chi connectivity index (χ2n) is 7.83. The van der Waals surface area contributed by atoms with Gasteiger partial charge in [0.05, 0.1) is 19.1 Å². The first-order valence-corrected chi connectivity index (χ1v) is 10.4. The Kier molecular flexibility index (Phi) is 4.75. The van der Waals surface area contributed by atoms with Gasteiger partial charge in [-0.2, -0.15) is 4.57 Å². The average Bonchev–Trinajstić information content (AvgIpc) is 3.12. The van der Waals surface area contributed by atoms with E-state index in [1.807, 2.05) is 6.34 Å². The monoisotopic (exact) mass is 405 g/mol. The molecule has 0 aliphatic heterocycles. The van der Waals surface area contributed by atoms with E-state index < -0.39 is 0 Å². The first-order chi connectivity index (χ1) is 15.2. The topological polar surface area (TPSA) is 24.4 Å². The second kappa shape index (κ2) is 7.73. The quantitative estimate of drug-likeness (QED) is 0.213. The lowest BCUT2D eigenvalue weighted by molar-refractivity contribution is -0.645. The Morgan fingerprint density at radius 3 is 2.39 bits per heavy atom. The minimum atomic E-state index is 1.07. The van der Waals surface area contributed by atoms with Crippen LogP contribution < -0.4 is 9.47 Å². The highest BCUT2D eigenvalue weighted by molar-refractivity contribution is 5.95. The van der Waals surface area contributed by atoms with Crippen LogP contribution >= 0.6 is 0 Å². The van der Waals surface area contributed by atoms with Gasteiger partial charge in [-0.1, -0.05) is 48.5 Å². The number of imidazole rings is 1. The second-order valence-corrected chi connectivity index (χ2v) is 7.83. The molecule has 4 nitrogen and oxygen atoms in total. The molecule has 152 valence electrons. The molecule has 4 aromatic carbocycles. The lowest BCUT2D eigenvalue weighted by atomic mass is 10.1. The molecule has 0 aliphatic carbocycles. The number of nitrogens with zero attached hydrogens (tertiary/aromatic N) is 4. The molecule has 0 aliphatic rings. The first kappa shape index (κ1) is 19.1. The summed E-state index contributed by atoms with van der Waals surface area (Å²) in [7, 11) is 3.90. The van der Waals surface area contributed by atoms with Gasteiger partial charge in [-0.05, 0) is 53.6 Å². The number of para-hydroxylation sites is 1. The van der Waals surface area contributed by atoms with Crippen LogP contribution in [0.1, 0.15) is 5.56 Å². The molecule has 0 atom stereocenters. The largest absolute Gasteiger partial charge is 0.301 e. The highest BCUT2D eigenvalue weighted by atomic mass is 15.2. The molecule has 0 unspecified atom stereocenters. The van der Waals surface area contributed by atoms with Crippen molar-refractivity contribution in [1.82, 2.24) is 4.57 Å². The van der Waals surface area contributed by atoms with Crippen LogP contribution in [0.2, 0.25) is 0 Å². The summed E-state index contributed by atoms with van der Waals surface area (Å²) in [5, 5.41) is 2.49. The van der Waals surface area contributed by atoms with E-state index >= 15 is 0 Å². The van der Waals surface area contributed by atoms with Gasteiger partial charge in [0.1, 0.15) is 5.69 Å². The fraction of sp³-hybridized carbons (Fsp3) is 0.111. The Morgan fingerprint density at radius 2 is 1.61 bits per heavy atom. The summed E-state index contributed by atoms with van der Waals surface area (Å²) in [5.74, 6) is 0. The number of benzene rings is 4. The van der Waals surface area contributed by atoms with Crippen molar-refractivity contribution < 1.29 is 4.57 Å². The van der Waals surface area contributed by atoms with E-state index in [2.05, 4.69) is 124 Å². The van der Waals surface area contributed by atoms with Crippen LogP contribution in [-0.2, 0) is 7.05 Å². The van der Waals surface area contributed by atoms with Crippen LogP contribution in [-0.4, -0.2) is 18.0 Å². The number of rotatable bonds is 4. The van der Waals surface area contributed by atoms with Crippen LogP contribution in [0.25, 0.3) is 27.5 Å². The maximum atomic E-state index is 4.31. The Hall–Kier alpha value is -3.92. The summed E-state index contributed by atoms with van der Waals surface area (Å²) in [5.41, 5.74) is 6.90. The average molecular weight is 406 g/mol. The smallest absolute Gasteiger partial charge is 0.249 e. The molecule has 0 bridgehead atoms. The highest BCUT2D eigenvalue weighted by Crippen LogP contribution is 2.30. The third-order valence-corrected chi connectivity index (χ3v) is 5.76. The number of aromatic nitrogens is 2. The van der Waals surface area contributed by atoms with Gasteiger partial charge in [0.15, 0.2) is 11.0 Å². The number of aliphatic imine (C=N–C) groups is 1. The minimum absolute atomic E-state index is 1.07. The maximum Gasteiger partial charge on any atom is 0.249 e. The summed E-state index contributed by atoms with van der Waals surface area (Å²) in [4.78, 5) is 6.45. The molecule has 0 fully saturated rings. The van der Waals surface area contributed by atoms with Gasteiger partial charge in [0, 0.05) is 18.8 Å². The van der Waals surface area contributed by atoms with Gasteiger partial charge < -0.3 is 4.90 Å². The zero-order valence-corrected chi connectivity index (χ0v) is 18.0. The molecule has 5 rings (SSSR count). The van der Waals surface area contributed by atoms with E-state index in [4.69, 9.17) is 0 Å². The molecule has 0 spiro atoms. The minimum Gasteiger partial charge on any atom is -0.301 e. The summed E-state index contributed by atoms with van der Waals surface area (Å²) in [6.45, 7) is 2.13. The molecule has 0 saturated carbocycles. The maximum absolute atomic E-state index is 4.31. The SMILES string of the molecule is CN=CN(c1cccc(-n2c[n+](C)c3cc4ccccc4cc32)c1)c1ccccc1C. The van der Waals surface area contributed by atoms with Crippen LogP contribution in [0.4, 0.5) is 11.4 Å². The van der Waals surface area contributed by atoms with Crippen molar-refractivity contribution in [3.8, 4) is 5.69 Å². The van der Waals surface area contributed by atoms with Gasteiger partial charge in [0.25, 0.3) is 0 Å². The Bertz CT molecular complexity index is 1430. The van der Waals surface area contributed by atoms with E-state index in [9.17, 15) is 0 Å². The molecular formula is C27H25N4+. The van der Waals surface area contributed by atoms with Crippen molar-refractivity contribution in [1.29, 1.82) is 0 Å². The van der Waals surface area contributed by atoms with E-state index in [0.717, 1.165) is 17.1 Å². The Morgan fingerprint density at radius 1 is 0.871 bits per heavy atom. The number of anilines is 2. The van der Waals surface area contributed by atoms with Crippen LogP contribution in [0.3, 0.4) is 0 Å². The van der Waals surface area contributed by atoms with Crippen LogP contribution in [0.5, 0.6) is 0 Å². The molecule has 1 aromatic heterocycles. The lowest BCUT2D eigenvalue weighted by Gasteiger charge is -2.22. The zero-order valence-electron chi connectivity index (χ0n) is 18.0. The van der Waals surface area contributed by atoms with Crippen LogP contribution in [0.15, 0.2) is 96.2 Å². The normalized spacial score (nSPS) is 11.6. The van der Waals surface area contributed by atoms with Gasteiger partial charge in [-0.3, -0.25) is 4.99 Å². The molecule has 0 saturated heterocycles. The molecule has 31 heavy (non-hydrogen) atoms. The number of hydrogen-bond donors (Lipinski definition) is 0. The van der Waals surface area contributed by atoms with Crippen molar-refractivity contribution in [2.75, 3.05) is 11.9 Å². The summed E-state index contributed by atoms with van der Waals surface area (Å²) in [6.07, 6.45) is 4.03. The molecule has 4 heteroatoms. The first-order valence-electron chi connectivity index (χ1n) is 10.4. The molecule has 0 radical (unpaired) electrons. The van der Waals surface area contributed by atoms with Crippen molar-refractivity contribution in [2.45, 2.75) is 6.92 Å².